The van der Waals surface area contributed by atoms with E-state index in [1.807, 2.05) is 92.7 Å². The molecule has 0 bridgehead atoms. The third kappa shape index (κ3) is 14.7. The third-order valence-electron chi connectivity index (χ3n) is 3.03. The fraction of sp³-hybridized carbons (Fsp3) is 0.143. The lowest BCUT2D eigenvalue weighted by atomic mass is 10.2. The highest BCUT2D eigenvalue weighted by Gasteiger charge is 1.78. The quantitative estimate of drug-likeness (QED) is 0.387. The van der Waals surface area contributed by atoms with Gasteiger partial charge in [0.15, 0.2) is 0 Å². The average Bonchev–Trinajstić information content (AvgIpc) is 2.72. The Hall–Kier alpha value is -3.66. The number of rotatable bonds is 0. The van der Waals surface area contributed by atoms with Crippen molar-refractivity contribution in [1.82, 2.24) is 0 Å². The van der Waals surface area contributed by atoms with E-state index < -0.39 is 0 Å². The molecule has 0 N–H and O–H groups in total. The minimum atomic E-state index is 1.08. The van der Waals surface area contributed by atoms with Gasteiger partial charge in [-0.2, -0.15) is 0 Å². The maximum atomic E-state index is 4.60. The SMILES string of the molecule is C#CC.CC#Cc1ccccc1.CC#Cc1ccccc1.Cc1ccccc1. The highest BCUT2D eigenvalue weighted by atomic mass is 13.8. The van der Waals surface area contributed by atoms with Crippen LogP contribution >= 0.6 is 0 Å². The summed E-state index contributed by atoms with van der Waals surface area (Å²) in [6.07, 6.45) is 4.60. The van der Waals surface area contributed by atoms with Crippen molar-refractivity contribution >= 4 is 0 Å². The molecule has 28 heavy (non-hydrogen) atoms. The highest BCUT2D eigenvalue weighted by molar-refractivity contribution is 5.33. The number of hydrogen-bond acceptors (Lipinski definition) is 0. The van der Waals surface area contributed by atoms with Crippen LogP contribution in [0.4, 0.5) is 0 Å². The van der Waals surface area contributed by atoms with Gasteiger partial charge in [0.05, 0.1) is 0 Å². The summed E-state index contributed by atoms with van der Waals surface area (Å²) in [6.45, 7) is 7.42. The summed E-state index contributed by atoms with van der Waals surface area (Å²) in [6, 6.07) is 30.2. The van der Waals surface area contributed by atoms with E-state index in [4.69, 9.17) is 0 Å². The first-order valence-electron chi connectivity index (χ1n) is 9.02. The van der Waals surface area contributed by atoms with E-state index in [1.165, 1.54) is 5.56 Å². The van der Waals surface area contributed by atoms with Crippen LogP contribution in [0.3, 0.4) is 0 Å². The van der Waals surface area contributed by atoms with E-state index in [2.05, 4.69) is 55.1 Å². The van der Waals surface area contributed by atoms with Crippen molar-refractivity contribution in [2.45, 2.75) is 27.7 Å². The van der Waals surface area contributed by atoms with Crippen molar-refractivity contribution in [1.29, 1.82) is 0 Å². The van der Waals surface area contributed by atoms with Crippen LogP contribution in [0.25, 0.3) is 0 Å². The van der Waals surface area contributed by atoms with Crippen LogP contribution in [0.1, 0.15) is 37.5 Å². The van der Waals surface area contributed by atoms with Gasteiger partial charge in [-0.25, -0.2) is 0 Å². The topological polar surface area (TPSA) is 0 Å². The van der Waals surface area contributed by atoms with Crippen LogP contribution in [0.15, 0.2) is 91.0 Å². The lowest BCUT2D eigenvalue weighted by Gasteiger charge is -1.83. The second kappa shape index (κ2) is 18.1. The van der Waals surface area contributed by atoms with Crippen LogP contribution in [-0.4, -0.2) is 0 Å². The largest absolute Gasteiger partial charge is 0.120 e. The Labute approximate surface area is 171 Å². The molecule has 0 aromatic heterocycles. The zero-order valence-corrected chi connectivity index (χ0v) is 17.2. The van der Waals surface area contributed by atoms with E-state index in [9.17, 15) is 0 Å². The van der Waals surface area contributed by atoms with Crippen LogP contribution in [0.2, 0.25) is 0 Å². The first-order chi connectivity index (χ1) is 13.7. The molecule has 0 saturated heterocycles. The van der Waals surface area contributed by atoms with Crippen LogP contribution in [0, 0.1) is 42.9 Å². The zero-order valence-electron chi connectivity index (χ0n) is 17.2. The van der Waals surface area contributed by atoms with E-state index in [1.54, 1.807) is 6.92 Å². The Morgan fingerprint density at radius 2 is 0.821 bits per heavy atom. The Morgan fingerprint density at radius 1 is 0.536 bits per heavy atom. The van der Waals surface area contributed by atoms with Crippen molar-refractivity contribution in [3.63, 3.8) is 0 Å². The standard InChI is InChI=1S/2C9H8.C7H8.C3H4/c2*1-2-6-9-7-4-3-5-8-9;1-7-5-3-2-4-6-7;1-3-2/h2*3-5,7-8H,1H3;2-6H,1H3;1H,2H3. The monoisotopic (exact) mass is 364 g/mol. The Balaban J connectivity index is 0.000000367. The van der Waals surface area contributed by atoms with E-state index >= 15 is 0 Å². The van der Waals surface area contributed by atoms with Crippen LogP contribution < -0.4 is 0 Å². The minimum Gasteiger partial charge on any atom is -0.120 e. The summed E-state index contributed by atoms with van der Waals surface area (Å²) in [5.74, 6) is 13.8. The summed E-state index contributed by atoms with van der Waals surface area (Å²) in [5.41, 5.74) is 3.49. The molecule has 0 unspecified atom stereocenters. The van der Waals surface area contributed by atoms with Crippen molar-refractivity contribution in [3.05, 3.63) is 108 Å². The fourth-order valence-corrected chi connectivity index (χ4v) is 1.87. The fourth-order valence-electron chi connectivity index (χ4n) is 1.87. The lowest BCUT2D eigenvalue weighted by molar-refractivity contribution is 1.48. The Morgan fingerprint density at radius 3 is 1.04 bits per heavy atom. The second-order valence-electron chi connectivity index (χ2n) is 5.43. The van der Waals surface area contributed by atoms with Gasteiger partial charge in [0, 0.05) is 11.1 Å². The van der Waals surface area contributed by atoms with Gasteiger partial charge >= 0.3 is 0 Å². The summed E-state index contributed by atoms with van der Waals surface area (Å²) in [5, 5.41) is 0. The molecular weight excluding hydrogens is 336 g/mol. The number of hydrogen-bond donors (Lipinski definition) is 0. The predicted molar refractivity (Wildman–Crippen MR) is 124 cm³/mol. The number of benzene rings is 3. The average molecular weight is 365 g/mol. The molecule has 0 radical (unpaired) electrons. The smallest absolute Gasteiger partial charge is 0.0245 e. The van der Waals surface area contributed by atoms with E-state index in [0.29, 0.717) is 0 Å². The summed E-state index contributed by atoms with van der Waals surface area (Å²) in [4.78, 5) is 0. The molecule has 0 aliphatic rings. The van der Waals surface area contributed by atoms with E-state index in [-0.39, 0.29) is 0 Å². The molecule has 0 fully saturated rings. The van der Waals surface area contributed by atoms with Gasteiger partial charge in [-0.05, 0) is 52.0 Å². The highest BCUT2D eigenvalue weighted by Crippen LogP contribution is 1.94. The summed E-state index contributed by atoms with van der Waals surface area (Å²) in [7, 11) is 0. The van der Waals surface area contributed by atoms with Crippen molar-refractivity contribution in [3.8, 4) is 36.0 Å². The normalized spacial score (nSPS) is 7.39. The molecule has 140 valence electrons. The first kappa shape index (κ1) is 24.3. The van der Waals surface area contributed by atoms with Crippen LogP contribution in [-0.2, 0) is 0 Å². The van der Waals surface area contributed by atoms with Gasteiger partial charge in [0.25, 0.3) is 0 Å². The molecule has 3 aromatic carbocycles. The molecular formula is C28H28. The molecule has 0 heterocycles. The lowest BCUT2D eigenvalue weighted by Crippen LogP contribution is -1.67. The predicted octanol–water partition coefficient (Wildman–Crippen LogP) is 6.75. The molecule has 0 heteroatoms. The van der Waals surface area contributed by atoms with Gasteiger partial charge in [0.1, 0.15) is 0 Å². The van der Waals surface area contributed by atoms with Crippen molar-refractivity contribution in [2.24, 2.45) is 0 Å². The molecule has 0 aliphatic carbocycles. The van der Waals surface area contributed by atoms with Gasteiger partial charge in [-0.15, -0.1) is 24.2 Å². The van der Waals surface area contributed by atoms with Crippen LogP contribution in [0.5, 0.6) is 0 Å². The molecule has 0 atom stereocenters. The molecule has 0 spiro atoms. The summed E-state index contributed by atoms with van der Waals surface area (Å²) >= 11 is 0. The molecule has 3 rings (SSSR count). The molecule has 0 saturated carbocycles. The van der Waals surface area contributed by atoms with Crippen molar-refractivity contribution < 1.29 is 0 Å². The van der Waals surface area contributed by atoms with Gasteiger partial charge in [-0.1, -0.05) is 84.1 Å². The van der Waals surface area contributed by atoms with Gasteiger partial charge in [-0.3, -0.25) is 0 Å². The Kier molecular flexibility index (Phi) is 15.8. The Bertz CT molecular complexity index is 836. The molecule has 3 aromatic rings. The summed E-state index contributed by atoms with van der Waals surface area (Å²) < 4.78 is 0. The minimum absolute atomic E-state index is 1.08. The number of aryl methyl sites for hydroxylation is 1. The van der Waals surface area contributed by atoms with E-state index in [0.717, 1.165) is 11.1 Å². The van der Waals surface area contributed by atoms with Gasteiger partial charge < -0.3 is 0 Å². The maximum absolute atomic E-state index is 4.60. The molecule has 0 nitrogen and oxygen atoms in total. The number of terminal acetylenes is 1. The zero-order chi connectivity index (χ0) is 20.9. The third-order valence-corrected chi connectivity index (χ3v) is 3.03. The van der Waals surface area contributed by atoms with Crippen molar-refractivity contribution in [2.75, 3.05) is 0 Å². The first-order valence-corrected chi connectivity index (χ1v) is 9.02. The molecule has 0 aliphatic heterocycles. The molecule has 0 amide bonds. The van der Waals surface area contributed by atoms with Gasteiger partial charge in [0.2, 0.25) is 0 Å². The maximum Gasteiger partial charge on any atom is 0.0245 e. The second-order valence-corrected chi connectivity index (χ2v) is 5.43.